The lowest BCUT2D eigenvalue weighted by Crippen LogP contribution is -2.13. The topological polar surface area (TPSA) is 54.9 Å². The van der Waals surface area contributed by atoms with Crippen molar-refractivity contribution < 1.29 is 4.79 Å². The molecule has 0 unspecified atom stereocenters. The highest BCUT2D eigenvalue weighted by atomic mass is 32.2. The number of carbonyl (C=O) groups excluding carboxylic acids is 1. The smallest absolute Gasteiger partial charge is 0.256 e. The predicted octanol–water partition coefficient (Wildman–Crippen LogP) is 4.51. The fourth-order valence-electron chi connectivity index (χ4n) is 2.24. The van der Waals surface area contributed by atoms with Crippen LogP contribution in [0.25, 0.3) is 11.1 Å². The van der Waals surface area contributed by atoms with Gasteiger partial charge in [-0.1, -0.05) is 37.3 Å². The number of hydrogen-bond donors (Lipinski definition) is 1. The summed E-state index contributed by atoms with van der Waals surface area (Å²) in [4.78, 5) is 20.9. The molecule has 0 aliphatic carbocycles. The second-order valence-corrected chi connectivity index (χ2v) is 6.35. The van der Waals surface area contributed by atoms with E-state index in [1.165, 1.54) is 0 Å². The quantitative estimate of drug-likeness (QED) is 0.697. The van der Waals surface area contributed by atoms with Crippen LogP contribution >= 0.6 is 11.8 Å². The Morgan fingerprint density at radius 3 is 2.58 bits per heavy atom. The van der Waals surface area contributed by atoms with Gasteiger partial charge >= 0.3 is 0 Å². The number of amides is 1. The highest BCUT2D eigenvalue weighted by molar-refractivity contribution is 7.99. The summed E-state index contributed by atoms with van der Waals surface area (Å²) in [6.07, 6.45) is 3.41. The minimum atomic E-state index is -0.185. The number of carbonyl (C=O) groups is 1. The largest absolute Gasteiger partial charge is 0.307 e. The van der Waals surface area contributed by atoms with E-state index in [0.717, 1.165) is 21.9 Å². The van der Waals surface area contributed by atoms with Crippen LogP contribution in [0.1, 0.15) is 17.3 Å². The van der Waals surface area contributed by atoms with Crippen LogP contribution in [0.3, 0.4) is 0 Å². The van der Waals surface area contributed by atoms with Crippen LogP contribution in [0, 0.1) is 0 Å². The van der Waals surface area contributed by atoms with Crippen LogP contribution < -0.4 is 5.32 Å². The Balaban J connectivity index is 1.72. The van der Waals surface area contributed by atoms with Gasteiger partial charge in [-0.3, -0.25) is 4.79 Å². The molecule has 1 aromatic carbocycles. The van der Waals surface area contributed by atoms with Crippen molar-refractivity contribution in [3.05, 3.63) is 72.6 Å². The summed E-state index contributed by atoms with van der Waals surface area (Å²) in [5.74, 6) is 1.26. The fourth-order valence-corrected chi connectivity index (χ4v) is 2.88. The Morgan fingerprint density at radius 1 is 1.04 bits per heavy atom. The second kappa shape index (κ2) is 7.75. The SMILES string of the molecule is CCSc1cc(C(=O)Nc2ccc(-c3ccccc3)cn2)ccn1. The molecule has 1 N–H and O–H groups in total. The molecule has 0 fully saturated rings. The minimum absolute atomic E-state index is 0.185. The predicted molar refractivity (Wildman–Crippen MR) is 98.3 cm³/mol. The van der Waals surface area contributed by atoms with Crippen molar-refractivity contribution in [2.45, 2.75) is 11.9 Å². The van der Waals surface area contributed by atoms with Crippen molar-refractivity contribution in [1.82, 2.24) is 9.97 Å². The van der Waals surface area contributed by atoms with E-state index in [1.54, 1.807) is 36.3 Å². The molecule has 0 saturated carbocycles. The molecule has 3 rings (SSSR count). The maximum atomic E-state index is 12.3. The van der Waals surface area contributed by atoms with E-state index < -0.39 is 0 Å². The number of nitrogens with one attached hydrogen (secondary N) is 1. The first-order valence-electron chi connectivity index (χ1n) is 7.68. The maximum Gasteiger partial charge on any atom is 0.256 e. The molecule has 0 saturated heterocycles. The summed E-state index contributed by atoms with van der Waals surface area (Å²) in [6, 6.07) is 17.3. The van der Waals surface area contributed by atoms with E-state index in [-0.39, 0.29) is 5.91 Å². The van der Waals surface area contributed by atoms with Crippen LogP contribution in [-0.4, -0.2) is 21.6 Å². The first-order chi connectivity index (χ1) is 11.8. The molecule has 24 heavy (non-hydrogen) atoms. The average Bonchev–Trinajstić information content (AvgIpc) is 2.64. The first-order valence-corrected chi connectivity index (χ1v) is 8.66. The number of rotatable bonds is 5. The van der Waals surface area contributed by atoms with Gasteiger partial charge in [0, 0.05) is 23.5 Å². The summed E-state index contributed by atoms with van der Waals surface area (Å²) < 4.78 is 0. The van der Waals surface area contributed by atoms with Crippen molar-refractivity contribution in [3.8, 4) is 11.1 Å². The van der Waals surface area contributed by atoms with Gasteiger partial charge in [0.25, 0.3) is 5.91 Å². The van der Waals surface area contributed by atoms with Gasteiger partial charge in [0.2, 0.25) is 0 Å². The molecular formula is C19H17N3OS. The minimum Gasteiger partial charge on any atom is -0.307 e. The number of nitrogens with zero attached hydrogens (tertiary/aromatic N) is 2. The average molecular weight is 335 g/mol. The number of thioether (sulfide) groups is 1. The van der Waals surface area contributed by atoms with Gasteiger partial charge in [-0.05, 0) is 35.6 Å². The highest BCUT2D eigenvalue weighted by Crippen LogP contribution is 2.20. The third kappa shape index (κ3) is 4.00. The van der Waals surface area contributed by atoms with Crippen LogP contribution in [0.5, 0.6) is 0 Å². The third-order valence-electron chi connectivity index (χ3n) is 3.40. The molecule has 3 aromatic rings. The van der Waals surface area contributed by atoms with E-state index in [2.05, 4.69) is 22.2 Å². The standard InChI is InChI=1S/C19H17N3OS/c1-2-24-18-12-15(10-11-20-18)19(23)22-17-9-8-16(13-21-17)14-6-4-3-5-7-14/h3-13H,2H2,1H3,(H,21,22,23). The zero-order valence-corrected chi connectivity index (χ0v) is 14.1. The zero-order valence-electron chi connectivity index (χ0n) is 13.3. The molecule has 0 spiro atoms. The van der Waals surface area contributed by atoms with Gasteiger partial charge < -0.3 is 5.32 Å². The summed E-state index contributed by atoms with van der Waals surface area (Å²) in [5, 5.41) is 3.66. The van der Waals surface area contributed by atoms with E-state index in [9.17, 15) is 4.79 Å². The molecule has 1 amide bonds. The van der Waals surface area contributed by atoms with Gasteiger partial charge in [0.1, 0.15) is 5.82 Å². The number of hydrogen-bond acceptors (Lipinski definition) is 4. The van der Waals surface area contributed by atoms with E-state index in [0.29, 0.717) is 11.4 Å². The molecule has 2 aromatic heterocycles. The number of anilines is 1. The molecule has 2 heterocycles. The summed E-state index contributed by atoms with van der Waals surface area (Å²) in [6.45, 7) is 2.05. The summed E-state index contributed by atoms with van der Waals surface area (Å²) in [5.41, 5.74) is 2.69. The molecule has 0 radical (unpaired) electrons. The zero-order chi connectivity index (χ0) is 16.8. The Kier molecular flexibility index (Phi) is 5.23. The number of pyridine rings is 2. The van der Waals surface area contributed by atoms with Crippen LogP contribution in [-0.2, 0) is 0 Å². The Bertz CT molecular complexity index is 820. The lowest BCUT2D eigenvalue weighted by Gasteiger charge is -2.07. The van der Waals surface area contributed by atoms with Crippen molar-refractivity contribution in [2.75, 3.05) is 11.1 Å². The Morgan fingerprint density at radius 2 is 1.88 bits per heavy atom. The third-order valence-corrected chi connectivity index (χ3v) is 4.21. The molecule has 0 aliphatic rings. The van der Waals surface area contributed by atoms with Crippen molar-refractivity contribution in [1.29, 1.82) is 0 Å². The number of aromatic nitrogens is 2. The van der Waals surface area contributed by atoms with Crippen molar-refractivity contribution >= 4 is 23.5 Å². The normalized spacial score (nSPS) is 10.4. The molecule has 0 atom stereocenters. The van der Waals surface area contributed by atoms with Gasteiger partial charge in [-0.15, -0.1) is 11.8 Å². The molecule has 5 heteroatoms. The molecule has 4 nitrogen and oxygen atoms in total. The summed E-state index contributed by atoms with van der Waals surface area (Å²) in [7, 11) is 0. The van der Waals surface area contributed by atoms with Crippen LogP contribution in [0.15, 0.2) is 72.0 Å². The Labute approximate surface area is 145 Å². The number of benzene rings is 1. The first kappa shape index (κ1) is 16.2. The monoisotopic (exact) mass is 335 g/mol. The highest BCUT2D eigenvalue weighted by Gasteiger charge is 2.08. The Hall–Kier alpha value is -2.66. The molecule has 120 valence electrons. The van der Waals surface area contributed by atoms with Gasteiger partial charge in [-0.2, -0.15) is 0 Å². The van der Waals surface area contributed by atoms with Gasteiger partial charge in [0.15, 0.2) is 0 Å². The maximum absolute atomic E-state index is 12.3. The molecule has 0 bridgehead atoms. The van der Waals surface area contributed by atoms with Crippen LogP contribution in [0.4, 0.5) is 5.82 Å². The fraction of sp³-hybridized carbons (Fsp3) is 0.105. The summed E-state index contributed by atoms with van der Waals surface area (Å²) >= 11 is 1.61. The second-order valence-electron chi connectivity index (χ2n) is 5.07. The van der Waals surface area contributed by atoms with Gasteiger partial charge in [-0.25, -0.2) is 9.97 Å². The lowest BCUT2D eigenvalue weighted by molar-refractivity contribution is 0.102. The molecular weight excluding hydrogens is 318 g/mol. The van der Waals surface area contributed by atoms with E-state index >= 15 is 0 Å². The lowest BCUT2D eigenvalue weighted by atomic mass is 10.1. The molecule has 0 aliphatic heterocycles. The van der Waals surface area contributed by atoms with E-state index in [1.807, 2.05) is 42.5 Å². The van der Waals surface area contributed by atoms with Gasteiger partial charge in [0.05, 0.1) is 5.03 Å². The van der Waals surface area contributed by atoms with E-state index in [4.69, 9.17) is 0 Å². The van der Waals surface area contributed by atoms with Crippen molar-refractivity contribution in [2.24, 2.45) is 0 Å². The van der Waals surface area contributed by atoms with Crippen molar-refractivity contribution in [3.63, 3.8) is 0 Å². The van der Waals surface area contributed by atoms with Crippen LogP contribution in [0.2, 0.25) is 0 Å².